The number of aromatic nitrogens is 1. The van der Waals surface area contributed by atoms with E-state index in [0.717, 1.165) is 31.5 Å². The Bertz CT molecular complexity index is 828. The fraction of sp³-hybridized carbons (Fsp3) is 0.286. The predicted molar refractivity (Wildman–Crippen MR) is 119 cm³/mol. The molecule has 0 N–H and O–H groups in total. The van der Waals surface area contributed by atoms with Crippen molar-refractivity contribution < 1.29 is 4.79 Å². The van der Waals surface area contributed by atoms with E-state index in [4.69, 9.17) is 12.2 Å². The fourth-order valence-electron chi connectivity index (χ4n) is 3.02. The second-order valence-electron chi connectivity index (χ2n) is 6.31. The summed E-state index contributed by atoms with van der Waals surface area (Å²) >= 11 is 6.73. The standard InChI is InChI=1S/C21H23N3OS2/c1-3-12-23(13-4-2)17-9-7-16(8-10-17)14-19-20(25)24(21(26)27-19)18-6-5-11-22-15-18/h5-11,14-15H,3-4,12-13H2,1-2H3/b19-14-. The fourth-order valence-corrected chi connectivity index (χ4v) is 4.32. The first-order valence-electron chi connectivity index (χ1n) is 9.17. The number of amides is 1. The number of carbonyl (C=O) groups is 1. The van der Waals surface area contributed by atoms with Gasteiger partial charge in [0.05, 0.1) is 16.8 Å². The van der Waals surface area contributed by atoms with Crippen LogP contribution in [0.3, 0.4) is 0 Å². The molecule has 6 heteroatoms. The number of rotatable bonds is 7. The van der Waals surface area contributed by atoms with E-state index in [1.54, 1.807) is 18.5 Å². The maximum Gasteiger partial charge on any atom is 0.270 e. The van der Waals surface area contributed by atoms with Crippen molar-refractivity contribution in [3.8, 4) is 0 Å². The molecule has 1 aromatic heterocycles. The number of thiocarbonyl (C=S) groups is 1. The summed E-state index contributed by atoms with van der Waals surface area (Å²) in [6.45, 7) is 6.50. The Morgan fingerprint density at radius 1 is 1.15 bits per heavy atom. The van der Waals surface area contributed by atoms with Crippen molar-refractivity contribution in [2.24, 2.45) is 0 Å². The number of hydrogen-bond acceptors (Lipinski definition) is 5. The molecular weight excluding hydrogens is 374 g/mol. The molecule has 1 aromatic carbocycles. The van der Waals surface area contributed by atoms with E-state index >= 15 is 0 Å². The Morgan fingerprint density at radius 3 is 2.44 bits per heavy atom. The van der Waals surface area contributed by atoms with E-state index in [1.807, 2.05) is 12.1 Å². The minimum absolute atomic E-state index is 0.0966. The Kier molecular flexibility index (Phi) is 6.63. The van der Waals surface area contributed by atoms with Crippen LogP contribution in [0.5, 0.6) is 0 Å². The van der Waals surface area contributed by atoms with Crippen molar-refractivity contribution in [2.75, 3.05) is 22.9 Å². The molecule has 0 radical (unpaired) electrons. The highest BCUT2D eigenvalue weighted by Crippen LogP contribution is 2.35. The van der Waals surface area contributed by atoms with Crippen LogP contribution < -0.4 is 9.80 Å². The lowest BCUT2D eigenvalue weighted by molar-refractivity contribution is -0.113. The Morgan fingerprint density at radius 2 is 1.85 bits per heavy atom. The Labute approximate surface area is 170 Å². The van der Waals surface area contributed by atoms with Crippen LogP contribution in [0.15, 0.2) is 53.7 Å². The SMILES string of the molecule is CCCN(CCC)c1ccc(/C=C2\SC(=S)N(c3cccnc3)C2=O)cc1. The van der Waals surface area contributed by atoms with Crippen molar-refractivity contribution in [2.45, 2.75) is 26.7 Å². The topological polar surface area (TPSA) is 36.4 Å². The highest BCUT2D eigenvalue weighted by Gasteiger charge is 2.33. The molecule has 0 atom stereocenters. The van der Waals surface area contributed by atoms with Gasteiger partial charge in [-0.25, -0.2) is 0 Å². The summed E-state index contributed by atoms with van der Waals surface area (Å²) in [5.41, 5.74) is 2.92. The van der Waals surface area contributed by atoms with Crippen molar-refractivity contribution in [1.29, 1.82) is 0 Å². The average molecular weight is 398 g/mol. The van der Waals surface area contributed by atoms with Crippen LogP contribution in [0.25, 0.3) is 6.08 Å². The van der Waals surface area contributed by atoms with Gasteiger partial charge in [-0.2, -0.15) is 0 Å². The van der Waals surface area contributed by atoms with E-state index in [1.165, 1.54) is 22.3 Å². The van der Waals surface area contributed by atoms with Crippen molar-refractivity contribution in [3.05, 3.63) is 59.3 Å². The first-order chi connectivity index (χ1) is 13.1. The molecule has 140 valence electrons. The number of benzene rings is 1. The lowest BCUT2D eigenvalue weighted by atomic mass is 10.1. The number of thioether (sulfide) groups is 1. The minimum atomic E-state index is -0.0966. The van der Waals surface area contributed by atoms with Crippen LogP contribution in [0, 0.1) is 0 Å². The summed E-state index contributed by atoms with van der Waals surface area (Å²) in [5, 5.41) is 0. The van der Waals surface area contributed by atoms with Gasteiger partial charge in [-0.3, -0.25) is 14.7 Å². The van der Waals surface area contributed by atoms with Gasteiger partial charge in [0.2, 0.25) is 0 Å². The van der Waals surface area contributed by atoms with Crippen LogP contribution >= 0.6 is 24.0 Å². The number of pyridine rings is 1. The van der Waals surface area contributed by atoms with Gasteiger partial charge in [0.15, 0.2) is 4.32 Å². The zero-order chi connectivity index (χ0) is 19.2. The summed E-state index contributed by atoms with van der Waals surface area (Å²) in [5.74, 6) is -0.0966. The van der Waals surface area contributed by atoms with Crippen LogP contribution in [0.1, 0.15) is 32.3 Å². The number of anilines is 2. The summed E-state index contributed by atoms with van der Waals surface area (Å²) in [6, 6.07) is 12.0. The molecular formula is C21H23N3OS2. The third kappa shape index (κ3) is 4.57. The van der Waals surface area contributed by atoms with Crippen LogP contribution in [0.2, 0.25) is 0 Å². The molecule has 0 saturated carbocycles. The normalized spacial score (nSPS) is 15.6. The summed E-state index contributed by atoms with van der Waals surface area (Å²) in [6.07, 6.45) is 7.48. The maximum absolute atomic E-state index is 12.8. The second kappa shape index (κ2) is 9.15. The van der Waals surface area contributed by atoms with Gasteiger partial charge >= 0.3 is 0 Å². The molecule has 1 amide bonds. The van der Waals surface area contributed by atoms with Gasteiger partial charge in [0.25, 0.3) is 5.91 Å². The van der Waals surface area contributed by atoms with Gasteiger partial charge in [-0.15, -0.1) is 0 Å². The van der Waals surface area contributed by atoms with Crippen LogP contribution in [0.4, 0.5) is 11.4 Å². The second-order valence-corrected chi connectivity index (χ2v) is 7.98. The summed E-state index contributed by atoms with van der Waals surface area (Å²) < 4.78 is 0.535. The molecule has 1 aliphatic rings. The van der Waals surface area contributed by atoms with Gasteiger partial charge < -0.3 is 4.90 Å². The van der Waals surface area contributed by atoms with Crippen molar-refractivity contribution in [3.63, 3.8) is 0 Å². The smallest absolute Gasteiger partial charge is 0.270 e. The molecule has 1 saturated heterocycles. The minimum Gasteiger partial charge on any atom is -0.372 e. The quantitative estimate of drug-likeness (QED) is 0.479. The molecule has 0 aliphatic carbocycles. The van der Waals surface area contributed by atoms with E-state index in [0.29, 0.717) is 14.9 Å². The van der Waals surface area contributed by atoms with Crippen molar-refractivity contribution in [1.82, 2.24) is 4.98 Å². The highest BCUT2D eigenvalue weighted by molar-refractivity contribution is 8.27. The Balaban J connectivity index is 1.79. The number of hydrogen-bond donors (Lipinski definition) is 0. The van der Waals surface area contributed by atoms with Gasteiger partial charge in [0.1, 0.15) is 0 Å². The number of nitrogens with zero attached hydrogens (tertiary/aromatic N) is 3. The molecule has 2 heterocycles. The molecule has 27 heavy (non-hydrogen) atoms. The molecule has 1 aliphatic heterocycles. The molecule has 2 aromatic rings. The van der Waals surface area contributed by atoms with Gasteiger partial charge in [0, 0.05) is 25.0 Å². The molecule has 4 nitrogen and oxygen atoms in total. The van der Waals surface area contributed by atoms with Crippen LogP contribution in [-0.4, -0.2) is 28.3 Å². The van der Waals surface area contributed by atoms with E-state index in [9.17, 15) is 4.79 Å². The number of carbonyl (C=O) groups excluding carboxylic acids is 1. The average Bonchev–Trinajstić information content (AvgIpc) is 2.96. The monoisotopic (exact) mass is 397 g/mol. The molecule has 0 unspecified atom stereocenters. The zero-order valence-electron chi connectivity index (χ0n) is 15.6. The molecule has 0 bridgehead atoms. The first kappa shape index (κ1) is 19.6. The first-order valence-corrected chi connectivity index (χ1v) is 10.4. The molecule has 3 rings (SSSR count). The lowest BCUT2D eigenvalue weighted by Crippen LogP contribution is -2.27. The van der Waals surface area contributed by atoms with Crippen molar-refractivity contribution >= 4 is 51.7 Å². The van der Waals surface area contributed by atoms with Crippen LogP contribution in [-0.2, 0) is 4.79 Å². The lowest BCUT2D eigenvalue weighted by Gasteiger charge is -2.23. The highest BCUT2D eigenvalue weighted by atomic mass is 32.2. The maximum atomic E-state index is 12.8. The molecule has 0 spiro atoms. The summed E-state index contributed by atoms with van der Waals surface area (Å²) in [4.78, 5) is 21.4. The van der Waals surface area contributed by atoms with E-state index < -0.39 is 0 Å². The molecule has 1 fully saturated rings. The summed E-state index contributed by atoms with van der Waals surface area (Å²) in [7, 11) is 0. The van der Waals surface area contributed by atoms with E-state index in [2.05, 4.69) is 48.0 Å². The zero-order valence-corrected chi connectivity index (χ0v) is 17.2. The third-order valence-electron chi connectivity index (χ3n) is 4.24. The van der Waals surface area contributed by atoms with E-state index in [-0.39, 0.29) is 5.91 Å². The predicted octanol–water partition coefficient (Wildman–Crippen LogP) is 5.11. The Hall–Kier alpha value is -2.18. The third-order valence-corrected chi connectivity index (χ3v) is 5.54. The largest absolute Gasteiger partial charge is 0.372 e. The van der Waals surface area contributed by atoms with Gasteiger partial charge in [-0.1, -0.05) is 50.0 Å². The van der Waals surface area contributed by atoms with Gasteiger partial charge in [-0.05, 0) is 48.7 Å².